The van der Waals surface area contributed by atoms with Crippen LogP contribution in [0.15, 0.2) is 22.9 Å². The molecule has 8 nitrogen and oxygen atoms in total. The largest absolute Gasteiger partial charge is 0.381 e. The van der Waals surface area contributed by atoms with E-state index in [0.717, 1.165) is 52.0 Å². The third-order valence-corrected chi connectivity index (χ3v) is 5.87. The number of hydrogen-bond acceptors (Lipinski definition) is 6. The fourth-order valence-corrected chi connectivity index (χ4v) is 4.07. The summed E-state index contributed by atoms with van der Waals surface area (Å²) in [5, 5.41) is 4.12. The fourth-order valence-electron chi connectivity index (χ4n) is 4.07. The third kappa shape index (κ3) is 5.05. The molecule has 0 aromatic carbocycles. The van der Waals surface area contributed by atoms with Crippen LogP contribution in [0, 0.1) is 5.92 Å². The summed E-state index contributed by atoms with van der Waals surface area (Å²) in [6.45, 7) is 4.43. The number of nitrogens with zero attached hydrogens (tertiary/aromatic N) is 4. The molecular weight excluding hydrogens is 372 g/mol. The van der Waals surface area contributed by atoms with Crippen molar-refractivity contribution in [2.45, 2.75) is 38.0 Å². The highest BCUT2D eigenvalue weighted by atomic mass is 16.5. The normalized spacial score (nSPS) is 20.9. The molecule has 1 unspecified atom stereocenters. The van der Waals surface area contributed by atoms with Gasteiger partial charge in [0.1, 0.15) is 5.69 Å². The summed E-state index contributed by atoms with van der Waals surface area (Å²) in [4.78, 5) is 19.2. The van der Waals surface area contributed by atoms with Crippen molar-refractivity contribution in [3.63, 3.8) is 0 Å². The van der Waals surface area contributed by atoms with E-state index in [1.807, 2.05) is 34.8 Å². The zero-order valence-electron chi connectivity index (χ0n) is 17.1. The van der Waals surface area contributed by atoms with Gasteiger partial charge in [0.25, 0.3) is 5.91 Å². The molecule has 0 spiro atoms. The predicted molar refractivity (Wildman–Crippen MR) is 106 cm³/mol. The summed E-state index contributed by atoms with van der Waals surface area (Å²) < 4.78 is 18.5. The van der Waals surface area contributed by atoms with Gasteiger partial charge in [0.2, 0.25) is 5.89 Å². The lowest BCUT2D eigenvalue weighted by Crippen LogP contribution is -2.39. The van der Waals surface area contributed by atoms with Gasteiger partial charge in [-0.3, -0.25) is 4.79 Å². The van der Waals surface area contributed by atoms with Crippen LogP contribution in [0.5, 0.6) is 0 Å². The number of hydrogen-bond donors (Lipinski definition) is 0. The highest BCUT2D eigenvalue weighted by Gasteiger charge is 2.29. The maximum atomic E-state index is 12.8. The van der Waals surface area contributed by atoms with Crippen LogP contribution < -0.4 is 0 Å². The van der Waals surface area contributed by atoms with Crippen molar-refractivity contribution in [3.8, 4) is 0 Å². The first-order valence-electron chi connectivity index (χ1n) is 10.6. The van der Waals surface area contributed by atoms with Gasteiger partial charge in [0.05, 0.1) is 12.5 Å². The van der Waals surface area contributed by atoms with Gasteiger partial charge in [-0.05, 0) is 43.7 Å². The number of aromatic nitrogens is 3. The number of carbonyl (C=O) groups excluding carboxylic acids is 1. The zero-order valence-corrected chi connectivity index (χ0v) is 17.1. The van der Waals surface area contributed by atoms with E-state index in [0.29, 0.717) is 42.9 Å². The standard InChI is InChI=1S/C21H30N4O4/c1-24-9-3-5-18(24)21(26)25-10-2-4-17(14-25)20-22-19(23-29-20)8-13-28-15-16-6-11-27-12-7-16/h3,5,9,16-17H,2,4,6-8,10-15H2,1H3. The number of likely N-dealkylation sites (tertiary alicyclic amines) is 1. The maximum absolute atomic E-state index is 12.8. The van der Waals surface area contributed by atoms with Crippen molar-refractivity contribution in [1.82, 2.24) is 19.6 Å². The molecule has 2 aromatic heterocycles. The Bertz CT molecular complexity index is 796. The summed E-state index contributed by atoms with van der Waals surface area (Å²) in [7, 11) is 1.89. The molecule has 4 heterocycles. The SMILES string of the molecule is Cn1cccc1C(=O)N1CCCC(c2nc(CCOCC3CCOCC3)no2)C1. The molecule has 8 heteroatoms. The van der Waals surface area contributed by atoms with Crippen LogP contribution in [0.1, 0.15) is 53.8 Å². The van der Waals surface area contributed by atoms with Crippen LogP contribution in [-0.4, -0.2) is 65.0 Å². The second-order valence-electron chi connectivity index (χ2n) is 8.02. The van der Waals surface area contributed by atoms with E-state index in [-0.39, 0.29) is 11.8 Å². The van der Waals surface area contributed by atoms with E-state index in [1.54, 1.807) is 0 Å². The monoisotopic (exact) mass is 402 g/mol. The van der Waals surface area contributed by atoms with E-state index in [1.165, 1.54) is 0 Å². The molecule has 4 rings (SSSR count). The molecule has 1 atom stereocenters. The predicted octanol–water partition coefficient (Wildman–Crippen LogP) is 2.41. The summed E-state index contributed by atoms with van der Waals surface area (Å²) in [6, 6.07) is 3.75. The Balaban J connectivity index is 1.26. The Morgan fingerprint density at radius 1 is 1.31 bits per heavy atom. The van der Waals surface area contributed by atoms with Crippen LogP contribution in [0.4, 0.5) is 0 Å². The average molecular weight is 402 g/mol. The lowest BCUT2D eigenvalue weighted by atomic mass is 9.97. The van der Waals surface area contributed by atoms with Crippen molar-refractivity contribution in [2.75, 3.05) is 39.5 Å². The molecule has 0 aliphatic carbocycles. The Morgan fingerprint density at radius 2 is 2.17 bits per heavy atom. The summed E-state index contributed by atoms with van der Waals surface area (Å²) in [6.07, 6.45) is 6.58. The van der Waals surface area contributed by atoms with Crippen LogP contribution >= 0.6 is 0 Å². The van der Waals surface area contributed by atoms with Gasteiger partial charge in [0, 0.05) is 52.6 Å². The van der Waals surface area contributed by atoms with Gasteiger partial charge in [-0.25, -0.2) is 0 Å². The molecule has 2 aliphatic heterocycles. The Morgan fingerprint density at radius 3 is 2.97 bits per heavy atom. The minimum absolute atomic E-state index is 0.0588. The smallest absolute Gasteiger partial charge is 0.270 e. The van der Waals surface area contributed by atoms with Crippen molar-refractivity contribution in [3.05, 3.63) is 35.7 Å². The Labute approximate surface area is 171 Å². The van der Waals surface area contributed by atoms with Crippen LogP contribution in [0.25, 0.3) is 0 Å². The van der Waals surface area contributed by atoms with Crippen molar-refractivity contribution in [1.29, 1.82) is 0 Å². The average Bonchev–Trinajstić information content (AvgIpc) is 3.41. The molecule has 0 bridgehead atoms. The highest BCUT2D eigenvalue weighted by Crippen LogP contribution is 2.27. The number of amides is 1. The summed E-state index contributed by atoms with van der Waals surface area (Å²) >= 11 is 0. The minimum atomic E-state index is 0.0588. The first-order valence-corrected chi connectivity index (χ1v) is 10.6. The van der Waals surface area contributed by atoms with Gasteiger partial charge in [-0.2, -0.15) is 4.98 Å². The molecule has 0 N–H and O–H groups in total. The second kappa shape index (κ2) is 9.54. The van der Waals surface area contributed by atoms with Gasteiger partial charge in [-0.15, -0.1) is 0 Å². The quantitative estimate of drug-likeness (QED) is 0.662. The van der Waals surface area contributed by atoms with Crippen LogP contribution in [0.2, 0.25) is 0 Å². The molecular formula is C21H30N4O4. The summed E-state index contributed by atoms with van der Waals surface area (Å²) in [5.74, 6) is 2.06. The van der Waals surface area contributed by atoms with Crippen LogP contribution in [-0.2, 0) is 22.9 Å². The maximum Gasteiger partial charge on any atom is 0.270 e. The van der Waals surface area contributed by atoms with Gasteiger partial charge >= 0.3 is 0 Å². The third-order valence-electron chi connectivity index (χ3n) is 5.87. The van der Waals surface area contributed by atoms with E-state index < -0.39 is 0 Å². The van der Waals surface area contributed by atoms with E-state index in [9.17, 15) is 4.79 Å². The zero-order chi connectivity index (χ0) is 20.1. The van der Waals surface area contributed by atoms with Crippen molar-refractivity contribution in [2.24, 2.45) is 13.0 Å². The van der Waals surface area contributed by atoms with E-state index in [4.69, 9.17) is 14.0 Å². The fraction of sp³-hybridized carbons (Fsp3) is 0.667. The minimum Gasteiger partial charge on any atom is -0.381 e. The topological polar surface area (TPSA) is 82.6 Å². The van der Waals surface area contributed by atoms with E-state index in [2.05, 4.69) is 10.1 Å². The number of rotatable bonds is 7. The Kier molecular flexibility index (Phi) is 6.61. The molecule has 0 radical (unpaired) electrons. The first-order chi connectivity index (χ1) is 14.2. The molecule has 1 amide bonds. The van der Waals surface area contributed by atoms with Gasteiger partial charge in [0.15, 0.2) is 5.82 Å². The van der Waals surface area contributed by atoms with Gasteiger partial charge in [-0.1, -0.05) is 5.16 Å². The first kappa shape index (κ1) is 20.1. The number of ether oxygens (including phenoxy) is 2. The molecule has 2 fully saturated rings. The molecule has 2 aromatic rings. The highest BCUT2D eigenvalue weighted by molar-refractivity contribution is 5.92. The molecule has 2 saturated heterocycles. The number of piperidine rings is 1. The molecule has 29 heavy (non-hydrogen) atoms. The van der Waals surface area contributed by atoms with E-state index >= 15 is 0 Å². The van der Waals surface area contributed by atoms with Crippen molar-refractivity contribution >= 4 is 5.91 Å². The van der Waals surface area contributed by atoms with Crippen molar-refractivity contribution < 1.29 is 18.8 Å². The van der Waals surface area contributed by atoms with Crippen LogP contribution in [0.3, 0.4) is 0 Å². The number of aryl methyl sites for hydroxylation is 1. The lowest BCUT2D eigenvalue weighted by molar-refractivity contribution is 0.0211. The Hall–Kier alpha value is -2.19. The van der Waals surface area contributed by atoms with Gasteiger partial charge < -0.3 is 23.5 Å². The summed E-state index contributed by atoms with van der Waals surface area (Å²) in [5.41, 5.74) is 0.707. The molecule has 158 valence electrons. The second-order valence-corrected chi connectivity index (χ2v) is 8.02. The lowest BCUT2D eigenvalue weighted by Gasteiger charge is -2.31. The molecule has 0 saturated carbocycles. The number of carbonyl (C=O) groups is 1. The molecule has 2 aliphatic rings.